The van der Waals surface area contributed by atoms with E-state index in [4.69, 9.17) is 13.6 Å². The van der Waals surface area contributed by atoms with Crippen LogP contribution in [0, 0.1) is 0 Å². The molecule has 0 radical (unpaired) electrons. The quantitative estimate of drug-likeness (QED) is 0.452. The number of amides is 1. The zero-order valence-electron chi connectivity index (χ0n) is 16.1. The Kier molecular flexibility index (Phi) is 6.41. The summed E-state index contributed by atoms with van der Waals surface area (Å²) in [6.45, 7) is 7.32. The number of nitrogens with one attached hydrogen (secondary N) is 1. The second kappa shape index (κ2) is 8.97. The van der Waals surface area contributed by atoms with Crippen LogP contribution in [0.3, 0.4) is 0 Å². The van der Waals surface area contributed by atoms with Gasteiger partial charge in [0, 0.05) is 0 Å². The molecule has 148 valence electrons. The molecule has 3 aromatic rings. The molecule has 2 heterocycles. The molecule has 0 aliphatic rings. The van der Waals surface area contributed by atoms with Gasteiger partial charge >= 0.3 is 0 Å². The first kappa shape index (κ1) is 20.0. The zero-order valence-corrected chi connectivity index (χ0v) is 16.9. The van der Waals surface area contributed by atoms with E-state index < -0.39 is 0 Å². The number of carbonyl (C=O) groups is 1. The molecule has 7 nitrogen and oxygen atoms in total. The molecule has 0 aliphatic carbocycles. The molecule has 0 saturated heterocycles. The van der Waals surface area contributed by atoms with Gasteiger partial charge in [-0.2, -0.15) is 0 Å². The lowest BCUT2D eigenvalue weighted by molar-refractivity contribution is -0.118. The Morgan fingerprint density at radius 2 is 1.96 bits per heavy atom. The summed E-state index contributed by atoms with van der Waals surface area (Å²) in [5.74, 6) is 1.62. The lowest BCUT2D eigenvalue weighted by Gasteiger charge is -2.19. The van der Waals surface area contributed by atoms with Crippen molar-refractivity contribution in [3.05, 3.63) is 48.2 Å². The molecule has 0 aliphatic heterocycles. The number of thioether (sulfide) groups is 1. The zero-order chi connectivity index (χ0) is 20.0. The molecule has 2 aromatic heterocycles. The molecule has 1 aromatic carbocycles. The lowest BCUT2D eigenvalue weighted by Crippen LogP contribution is -2.29. The van der Waals surface area contributed by atoms with Crippen LogP contribution in [0.1, 0.15) is 26.3 Å². The minimum atomic E-state index is -0.130. The second-order valence-electron chi connectivity index (χ2n) is 7.11. The minimum absolute atomic E-state index is 0.112. The average molecular weight is 401 g/mol. The van der Waals surface area contributed by atoms with Crippen LogP contribution in [0.2, 0.25) is 0 Å². The molecule has 0 bridgehead atoms. The van der Waals surface area contributed by atoms with E-state index in [9.17, 15) is 4.79 Å². The Balaban J connectivity index is 1.35. The summed E-state index contributed by atoms with van der Waals surface area (Å²) in [5.41, 5.74) is 1.36. The largest absolute Gasteiger partial charge is 0.492 e. The molecule has 0 unspecified atom stereocenters. The third kappa shape index (κ3) is 5.63. The summed E-state index contributed by atoms with van der Waals surface area (Å²) in [7, 11) is 0. The van der Waals surface area contributed by atoms with Gasteiger partial charge in [0.15, 0.2) is 5.76 Å². The number of carbonyl (C=O) groups excluding carboxylic acids is 1. The third-order valence-corrected chi connectivity index (χ3v) is 4.70. The van der Waals surface area contributed by atoms with E-state index in [1.807, 2.05) is 12.1 Å². The SMILES string of the molecule is CC(C)(C)c1ccc(OCCNC(=O)CSc2nnc(-c3ccco3)o2)cc1. The predicted molar refractivity (Wildman–Crippen MR) is 106 cm³/mol. The first-order chi connectivity index (χ1) is 13.4. The number of benzene rings is 1. The van der Waals surface area contributed by atoms with Gasteiger partial charge in [-0.05, 0) is 35.2 Å². The van der Waals surface area contributed by atoms with Crippen molar-refractivity contribution in [1.82, 2.24) is 15.5 Å². The highest BCUT2D eigenvalue weighted by Gasteiger charge is 2.14. The Morgan fingerprint density at radius 1 is 1.18 bits per heavy atom. The Morgan fingerprint density at radius 3 is 2.64 bits per heavy atom. The van der Waals surface area contributed by atoms with Crippen molar-refractivity contribution in [3.8, 4) is 17.4 Å². The van der Waals surface area contributed by atoms with Crippen molar-refractivity contribution in [2.45, 2.75) is 31.4 Å². The van der Waals surface area contributed by atoms with Crippen molar-refractivity contribution < 1.29 is 18.4 Å². The van der Waals surface area contributed by atoms with Gasteiger partial charge in [-0.1, -0.05) is 44.7 Å². The number of nitrogens with zero attached hydrogens (tertiary/aromatic N) is 2. The van der Waals surface area contributed by atoms with E-state index in [1.165, 1.54) is 23.6 Å². The minimum Gasteiger partial charge on any atom is -0.492 e. The summed E-state index contributed by atoms with van der Waals surface area (Å²) in [6.07, 6.45) is 1.53. The molecule has 28 heavy (non-hydrogen) atoms. The van der Waals surface area contributed by atoms with Crippen LogP contribution in [-0.2, 0) is 10.2 Å². The number of rotatable bonds is 8. The fraction of sp³-hybridized carbons (Fsp3) is 0.350. The van der Waals surface area contributed by atoms with Gasteiger partial charge in [-0.3, -0.25) is 4.79 Å². The molecule has 0 fully saturated rings. The van der Waals surface area contributed by atoms with Crippen LogP contribution in [0.15, 0.2) is 56.7 Å². The summed E-state index contributed by atoms with van der Waals surface area (Å²) >= 11 is 1.17. The van der Waals surface area contributed by atoms with Crippen LogP contribution < -0.4 is 10.1 Å². The van der Waals surface area contributed by atoms with E-state index >= 15 is 0 Å². The first-order valence-electron chi connectivity index (χ1n) is 8.92. The average Bonchev–Trinajstić information content (AvgIpc) is 3.34. The van der Waals surface area contributed by atoms with Gasteiger partial charge in [-0.25, -0.2) is 0 Å². The molecule has 3 rings (SSSR count). The van der Waals surface area contributed by atoms with Gasteiger partial charge in [0.25, 0.3) is 11.1 Å². The van der Waals surface area contributed by atoms with Crippen LogP contribution in [0.5, 0.6) is 5.75 Å². The van der Waals surface area contributed by atoms with Crippen molar-refractivity contribution in [1.29, 1.82) is 0 Å². The normalized spacial score (nSPS) is 11.4. The number of hydrogen-bond acceptors (Lipinski definition) is 7. The smallest absolute Gasteiger partial charge is 0.284 e. The van der Waals surface area contributed by atoms with Gasteiger partial charge in [0.2, 0.25) is 5.91 Å². The fourth-order valence-corrected chi connectivity index (χ4v) is 2.95. The summed E-state index contributed by atoms with van der Waals surface area (Å²) in [5, 5.41) is 10.9. The molecule has 1 amide bonds. The third-order valence-electron chi connectivity index (χ3n) is 3.88. The highest BCUT2D eigenvalue weighted by atomic mass is 32.2. The summed E-state index contributed by atoms with van der Waals surface area (Å²) in [4.78, 5) is 11.9. The van der Waals surface area contributed by atoms with Gasteiger partial charge in [0.05, 0.1) is 18.6 Å². The Labute approximate surface area is 167 Å². The van der Waals surface area contributed by atoms with Crippen LogP contribution in [-0.4, -0.2) is 35.0 Å². The van der Waals surface area contributed by atoms with Crippen molar-refractivity contribution in [2.24, 2.45) is 0 Å². The number of hydrogen-bond donors (Lipinski definition) is 1. The topological polar surface area (TPSA) is 90.4 Å². The van der Waals surface area contributed by atoms with E-state index in [0.717, 1.165) is 5.75 Å². The lowest BCUT2D eigenvalue weighted by atomic mass is 9.87. The molecule has 1 N–H and O–H groups in total. The first-order valence-corrected chi connectivity index (χ1v) is 9.90. The summed E-state index contributed by atoms with van der Waals surface area (Å²) < 4.78 is 16.3. The Hall–Kier alpha value is -2.74. The molecule has 0 saturated carbocycles. The van der Waals surface area contributed by atoms with E-state index in [-0.39, 0.29) is 17.1 Å². The molecular weight excluding hydrogens is 378 g/mol. The van der Waals surface area contributed by atoms with Gasteiger partial charge < -0.3 is 18.9 Å². The monoisotopic (exact) mass is 401 g/mol. The standard InChI is InChI=1S/C20H23N3O4S/c1-20(2,3)14-6-8-15(9-7-14)25-12-10-21-17(24)13-28-19-23-22-18(27-19)16-5-4-11-26-16/h4-9,11H,10,12-13H2,1-3H3,(H,21,24). The van der Waals surface area contributed by atoms with Crippen molar-refractivity contribution in [3.63, 3.8) is 0 Å². The molecular formula is C20H23N3O4S. The van der Waals surface area contributed by atoms with E-state index in [1.54, 1.807) is 12.1 Å². The molecule has 0 atom stereocenters. The maximum Gasteiger partial charge on any atom is 0.284 e. The van der Waals surface area contributed by atoms with E-state index in [0.29, 0.717) is 30.0 Å². The number of aromatic nitrogens is 2. The summed E-state index contributed by atoms with van der Waals surface area (Å²) in [6, 6.07) is 11.5. The Bertz CT molecular complexity index is 883. The highest BCUT2D eigenvalue weighted by Crippen LogP contribution is 2.24. The fourth-order valence-electron chi connectivity index (χ4n) is 2.36. The predicted octanol–water partition coefficient (Wildman–Crippen LogP) is 3.91. The highest BCUT2D eigenvalue weighted by molar-refractivity contribution is 7.99. The van der Waals surface area contributed by atoms with Crippen molar-refractivity contribution >= 4 is 17.7 Å². The maximum atomic E-state index is 11.9. The number of ether oxygens (including phenoxy) is 1. The van der Waals surface area contributed by atoms with Gasteiger partial charge in [-0.15, -0.1) is 10.2 Å². The second-order valence-corrected chi connectivity index (χ2v) is 8.04. The van der Waals surface area contributed by atoms with Gasteiger partial charge in [0.1, 0.15) is 12.4 Å². The molecule has 0 spiro atoms. The van der Waals surface area contributed by atoms with E-state index in [2.05, 4.69) is 48.4 Å². The van der Waals surface area contributed by atoms with Crippen LogP contribution >= 0.6 is 11.8 Å². The molecule has 8 heteroatoms. The number of furan rings is 1. The maximum absolute atomic E-state index is 11.9. The van der Waals surface area contributed by atoms with Crippen molar-refractivity contribution in [2.75, 3.05) is 18.9 Å². The van der Waals surface area contributed by atoms with Crippen LogP contribution in [0.25, 0.3) is 11.7 Å². The van der Waals surface area contributed by atoms with Crippen LogP contribution in [0.4, 0.5) is 0 Å².